The lowest BCUT2D eigenvalue weighted by molar-refractivity contribution is 0.102. The van der Waals surface area contributed by atoms with E-state index in [1.807, 2.05) is 45.9 Å². The molecule has 0 bridgehead atoms. The molecule has 1 aromatic carbocycles. The van der Waals surface area contributed by atoms with E-state index >= 15 is 0 Å². The van der Waals surface area contributed by atoms with Crippen LogP contribution in [0.15, 0.2) is 24.4 Å². The van der Waals surface area contributed by atoms with Crippen LogP contribution >= 0.6 is 0 Å². The first kappa shape index (κ1) is 13.3. The van der Waals surface area contributed by atoms with E-state index in [1.165, 1.54) is 0 Å². The normalized spacial score (nSPS) is 10.5. The summed E-state index contributed by atoms with van der Waals surface area (Å²) in [6.45, 7) is 8.60. The summed E-state index contributed by atoms with van der Waals surface area (Å²) in [5.74, 6) is -0.102. The van der Waals surface area contributed by atoms with Gasteiger partial charge in [-0.15, -0.1) is 0 Å². The molecule has 4 nitrogen and oxygen atoms in total. The van der Waals surface area contributed by atoms with Crippen LogP contribution in [-0.4, -0.2) is 15.7 Å². The summed E-state index contributed by atoms with van der Waals surface area (Å²) >= 11 is 0. The number of aryl methyl sites for hydroxylation is 4. The van der Waals surface area contributed by atoms with Crippen LogP contribution in [-0.2, 0) is 6.54 Å². The molecule has 0 aliphatic carbocycles. The molecule has 0 radical (unpaired) electrons. The van der Waals surface area contributed by atoms with Crippen molar-refractivity contribution in [2.75, 3.05) is 5.32 Å². The standard InChI is InChI=1S/C15H19N3O/c1-5-18-9-13(12(4)17-18)15(19)16-14-10(2)7-6-8-11(14)3/h6-9H,5H2,1-4H3,(H,16,19). The molecule has 0 atom stereocenters. The SMILES string of the molecule is CCn1cc(C(=O)Nc2c(C)cccc2C)c(C)n1. The number of nitrogens with zero attached hydrogens (tertiary/aromatic N) is 2. The number of rotatable bonds is 3. The molecular formula is C15H19N3O. The Kier molecular flexibility index (Phi) is 3.69. The molecule has 0 unspecified atom stereocenters. The van der Waals surface area contributed by atoms with Crippen LogP contribution in [0.4, 0.5) is 5.69 Å². The number of para-hydroxylation sites is 1. The van der Waals surface area contributed by atoms with Crippen LogP contribution in [0.5, 0.6) is 0 Å². The van der Waals surface area contributed by atoms with Crippen LogP contribution < -0.4 is 5.32 Å². The maximum absolute atomic E-state index is 12.3. The number of hydrogen-bond acceptors (Lipinski definition) is 2. The fraction of sp³-hybridized carbons (Fsp3) is 0.333. The predicted molar refractivity (Wildman–Crippen MR) is 76.5 cm³/mol. The Morgan fingerprint density at radius 1 is 1.26 bits per heavy atom. The van der Waals surface area contributed by atoms with Crippen molar-refractivity contribution in [3.63, 3.8) is 0 Å². The average Bonchev–Trinajstić information content (AvgIpc) is 2.75. The van der Waals surface area contributed by atoms with E-state index in [0.717, 1.165) is 29.1 Å². The third-order valence-corrected chi connectivity index (χ3v) is 3.23. The van der Waals surface area contributed by atoms with Crippen molar-refractivity contribution in [1.82, 2.24) is 9.78 Å². The Morgan fingerprint density at radius 2 is 1.89 bits per heavy atom. The lowest BCUT2D eigenvalue weighted by Crippen LogP contribution is -2.14. The molecule has 1 N–H and O–H groups in total. The maximum Gasteiger partial charge on any atom is 0.259 e. The van der Waals surface area contributed by atoms with Crippen molar-refractivity contribution in [3.8, 4) is 0 Å². The molecule has 0 saturated carbocycles. The van der Waals surface area contributed by atoms with Crippen molar-refractivity contribution in [3.05, 3.63) is 46.8 Å². The molecule has 1 aromatic heterocycles. The Balaban J connectivity index is 2.28. The second-order valence-corrected chi connectivity index (χ2v) is 4.70. The highest BCUT2D eigenvalue weighted by Crippen LogP contribution is 2.20. The second-order valence-electron chi connectivity index (χ2n) is 4.70. The Bertz CT molecular complexity index is 594. The first-order valence-electron chi connectivity index (χ1n) is 6.44. The van der Waals surface area contributed by atoms with Gasteiger partial charge in [0.05, 0.1) is 11.3 Å². The number of carbonyl (C=O) groups excluding carboxylic acids is 1. The van der Waals surface area contributed by atoms with Gasteiger partial charge in [0.25, 0.3) is 5.91 Å². The molecule has 4 heteroatoms. The third-order valence-electron chi connectivity index (χ3n) is 3.23. The number of amides is 1. The first-order valence-corrected chi connectivity index (χ1v) is 6.44. The smallest absolute Gasteiger partial charge is 0.259 e. The van der Waals surface area contributed by atoms with Gasteiger partial charge in [0.1, 0.15) is 0 Å². The summed E-state index contributed by atoms with van der Waals surface area (Å²) in [6, 6.07) is 5.97. The van der Waals surface area contributed by atoms with Gasteiger partial charge in [-0.2, -0.15) is 5.10 Å². The lowest BCUT2D eigenvalue weighted by Gasteiger charge is -2.10. The third kappa shape index (κ3) is 2.67. The zero-order valence-electron chi connectivity index (χ0n) is 11.8. The van der Waals surface area contributed by atoms with E-state index in [0.29, 0.717) is 5.56 Å². The minimum absolute atomic E-state index is 0.102. The number of nitrogens with one attached hydrogen (secondary N) is 1. The molecule has 1 amide bonds. The molecule has 0 fully saturated rings. The molecule has 0 spiro atoms. The molecule has 0 saturated heterocycles. The van der Waals surface area contributed by atoms with E-state index in [2.05, 4.69) is 10.4 Å². The summed E-state index contributed by atoms with van der Waals surface area (Å²) in [5.41, 5.74) is 4.40. The predicted octanol–water partition coefficient (Wildman–Crippen LogP) is 3.08. The monoisotopic (exact) mass is 257 g/mol. The topological polar surface area (TPSA) is 46.9 Å². The van der Waals surface area contributed by atoms with Gasteiger partial charge in [0.2, 0.25) is 0 Å². The molecule has 100 valence electrons. The highest BCUT2D eigenvalue weighted by Gasteiger charge is 2.14. The summed E-state index contributed by atoms with van der Waals surface area (Å²) < 4.78 is 1.77. The van der Waals surface area contributed by atoms with Crippen LogP contribution in [0.25, 0.3) is 0 Å². The van der Waals surface area contributed by atoms with E-state index < -0.39 is 0 Å². The number of benzene rings is 1. The molecule has 2 rings (SSSR count). The molecule has 0 aliphatic rings. The summed E-state index contributed by atoms with van der Waals surface area (Å²) in [4.78, 5) is 12.3. The van der Waals surface area contributed by atoms with E-state index in [4.69, 9.17) is 0 Å². The lowest BCUT2D eigenvalue weighted by atomic mass is 10.1. The fourth-order valence-corrected chi connectivity index (χ4v) is 2.10. The van der Waals surface area contributed by atoms with Gasteiger partial charge in [0, 0.05) is 18.4 Å². The van der Waals surface area contributed by atoms with E-state index in [9.17, 15) is 4.79 Å². The largest absolute Gasteiger partial charge is 0.321 e. The van der Waals surface area contributed by atoms with Crippen molar-refractivity contribution < 1.29 is 4.79 Å². The van der Waals surface area contributed by atoms with Gasteiger partial charge >= 0.3 is 0 Å². The molecule has 2 aromatic rings. The Morgan fingerprint density at radius 3 is 2.42 bits per heavy atom. The zero-order valence-corrected chi connectivity index (χ0v) is 11.8. The molecule has 1 heterocycles. The molecule has 0 aliphatic heterocycles. The summed E-state index contributed by atoms with van der Waals surface area (Å²) in [6.07, 6.45) is 1.79. The first-order chi connectivity index (χ1) is 9.02. The summed E-state index contributed by atoms with van der Waals surface area (Å²) in [5, 5.41) is 7.27. The van der Waals surface area contributed by atoms with Crippen LogP contribution in [0.1, 0.15) is 34.1 Å². The number of aromatic nitrogens is 2. The van der Waals surface area contributed by atoms with E-state index in [-0.39, 0.29) is 5.91 Å². The highest BCUT2D eigenvalue weighted by molar-refractivity contribution is 6.05. The van der Waals surface area contributed by atoms with Crippen molar-refractivity contribution >= 4 is 11.6 Å². The van der Waals surface area contributed by atoms with E-state index in [1.54, 1.807) is 10.9 Å². The number of hydrogen-bond donors (Lipinski definition) is 1. The van der Waals surface area contributed by atoms with Gasteiger partial charge in [0.15, 0.2) is 0 Å². The Labute approximate surface area is 113 Å². The van der Waals surface area contributed by atoms with Gasteiger partial charge in [-0.25, -0.2) is 0 Å². The quantitative estimate of drug-likeness (QED) is 0.918. The van der Waals surface area contributed by atoms with Gasteiger partial charge in [-0.1, -0.05) is 18.2 Å². The highest BCUT2D eigenvalue weighted by atomic mass is 16.1. The second kappa shape index (κ2) is 5.26. The van der Waals surface area contributed by atoms with Crippen molar-refractivity contribution in [1.29, 1.82) is 0 Å². The maximum atomic E-state index is 12.3. The average molecular weight is 257 g/mol. The minimum atomic E-state index is -0.102. The van der Waals surface area contributed by atoms with Gasteiger partial charge in [-0.3, -0.25) is 9.48 Å². The minimum Gasteiger partial charge on any atom is -0.321 e. The summed E-state index contributed by atoms with van der Waals surface area (Å²) in [7, 11) is 0. The Hall–Kier alpha value is -2.10. The van der Waals surface area contributed by atoms with Crippen LogP contribution in [0.3, 0.4) is 0 Å². The zero-order chi connectivity index (χ0) is 14.0. The van der Waals surface area contributed by atoms with Gasteiger partial charge in [-0.05, 0) is 38.8 Å². The van der Waals surface area contributed by atoms with Crippen molar-refractivity contribution in [2.45, 2.75) is 34.2 Å². The van der Waals surface area contributed by atoms with Crippen molar-refractivity contribution in [2.24, 2.45) is 0 Å². The number of carbonyl (C=O) groups is 1. The number of anilines is 1. The van der Waals surface area contributed by atoms with Crippen LogP contribution in [0.2, 0.25) is 0 Å². The van der Waals surface area contributed by atoms with Crippen LogP contribution in [0, 0.1) is 20.8 Å². The van der Waals surface area contributed by atoms with Gasteiger partial charge < -0.3 is 5.32 Å². The molecular weight excluding hydrogens is 238 g/mol. The fourth-order valence-electron chi connectivity index (χ4n) is 2.10. The molecule has 19 heavy (non-hydrogen) atoms.